The minimum atomic E-state index is -0.429. The molecule has 0 saturated carbocycles. The second kappa shape index (κ2) is 5.63. The lowest BCUT2D eigenvalue weighted by molar-refractivity contribution is 0.0427. The van der Waals surface area contributed by atoms with Crippen molar-refractivity contribution in [1.82, 2.24) is 25.0 Å². The minimum absolute atomic E-state index is 0.0797. The monoisotopic (exact) mass is 293 g/mol. The summed E-state index contributed by atoms with van der Waals surface area (Å²) in [5.41, 5.74) is 0. The molecule has 3 atom stereocenters. The number of hydrogen-bond acceptors (Lipinski definition) is 4. The number of aryl methyl sites for hydroxylation is 2. The molecular weight excluding hydrogens is 270 g/mol. The summed E-state index contributed by atoms with van der Waals surface area (Å²) in [6, 6.07) is -0.191. The van der Waals surface area contributed by atoms with Gasteiger partial charge in [-0.2, -0.15) is 5.10 Å². The van der Waals surface area contributed by atoms with Crippen LogP contribution in [0.1, 0.15) is 43.9 Å². The van der Waals surface area contributed by atoms with Gasteiger partial charge in [0.15, 0.2) is 0 Å². The van der Waals surface area contributed by atoms with Gasteiger partial charge in [-0.25, -0.2) is 14.5 Å². The number of likely N-dealkylation sites (tertiary alicyclic amines) is 1. The molecule has 0 radical (unpaired) electrons. The molecule has 7 nitrogen and oxygen atoms in total. The largest absolute Gasteiger partial charge is 0.391 e. The second-order valence-electron chi connectivity index (χ2n) is 6.16. The van der Waals surface area contributed by atoms with Gasteiger partial charge in [-0.1, -0.05) is 6.92 Å². The fraction of sp³-hybridized carbons (Fsp3) is 0.786. The maximum atomic E-state index is 12.4. The molecule has 2 amide bonds. The molecule has 0 bridgehead atoms. The average Bonchev–Trinajstić information content (AvgIpc) is 2.83. The molecule has 0 aromatic carbocycles. The van der Waals surface area contributed by atoms with E-state index in [1.165, 1.54) is 0 Å². The fourth-order valence-electron chi connectivity index (χ4n) is 3.08. The number of urea groups is 1. The summed E-state index contributed by atoms with van der Waals surface area (Å²) in [5.74, 6) is 1.85. The van der Waals surface area contributed by atoms with Gasteiger partial charge in [0.25, 0.3) is 0 Å². The first-order valence-electron chi connectivity index (χ1n) is 7.69. The molecule has 1 fully saturated rings. The summed E-state index contributed by atoms with van der Waals surface area (Å²) >= 11 is 0. The highest BCUT2D eigenvalue weighted by Gasteiger charge is 2.30. The average molecular weight is 293 g/mol. The van der Waals surface area contributed by atoms with Gasteiger partial charge in [0.05, 0.1) is 12.1 Å². The highest BCUT2D eigenvalue weighted by atomic mass is 16.3. The standard InChI is InChI=1S/C14H23N5O2/c1-9-5-7-18(8-12(9)20)14(21)16-11-4-3-6-19-13(11)15-10(2)17-19/h9,11-12,20H,3-8H2,1-2H3,(H,16,21). The molecule has 21 heavy (non-hydrogen) atoms. The zero-order valence-electron chi connectivity index (χ0n) is 12.6. The summed E-state index contributed by atoms with van der Waals surface area (Å²) in [5, 5.41) is 17.3. The molecule has 2 aliphatic heterocycles. The molecule has 7 heteroatoms. The maximum Gasteiger partial charge on any atom is 0.318 e. The molecule has 2 N–H and O–H groups in total. The third-order valence-corrected chi connectivity index (χ3v) is 4.48. The molecule has 1 saturated heterocycles. The molecule has 3 rings (SSSR count). The quantitative estimate of drug-likeness (QED) is 0.803. The Balaban J connectivity index is 1.66. The van der Waals surface area contributed by atoms with Crippen LogP contribution in [0.5, 0.6) is 0 Å². The van der Waals surface area contributed by atoms with E-state index in [4.69, 9.17) is 0 Å². The number of carbonyl (C=O) groups is 1. The summed E-state index contributed by atoms with van der Waals surface area (Å²) in [4.78, 5) is 18.5. The number of amides is 2. The fourth-order valence-corrected chi connectivity index (χ4v) is 3.08. The second-order valence-corrected chi connectivity index (χ2v) is 6.16. The van der Waals surface area contributed by atoms with E-state index in [2.05, 4.69) is 15.4 Å². The Morgan fingerprint density at radius 2 is 2.19 bits per heavy atom. The van der Waals surface area contributed by atoms with Crippen LogP contribution in [-0.2, 0) is 6.54 Å². The van der Waals surface area contributed by atoms with Crippen molar-refractivity contribution >= 4 is 6.03 Å². The Hall–Kier alpha value is -1.63. The van der Waals surface area contributed by atoms with Crippen molar-refractivity contribution in [3.63, 3.8) is 0 Å². The van der Waals surface area contributed by atoms with E-state index in [1.807, 2.05) is 18.5 Å². The first kappa shape index (κ1) is 14.3. The lowest BCUT2D eigenvalue weighted by atomic mass is 9.96. The van der Waals surface area contributed by atoms with Crippen LogP contribution in [0, 0.1) is 12.8 Å². The van der Waals surface area contributed by atoms with Crippen LogP contribution in [0.3, 0.4) is 0 Å². The van der Waals surface area contributed by atoms with Crippen LogP contribution >= 0.6 is 0 Å². The Morgan fingerprint density at radius 1 is 1.38 bits per heavy atom. The predicted molar refractivity (Wildman–Crippen MR) is 76.6 cm³/mol. The van der Waals surface area contributed by atoms with Gasteiger partial charge in [0, 0.05) is 19.6 Å². The number of β-amino-alcohol motifs (C(OH)–C–C–N with tert-alkyl or cyclic N) is 1. The lowest BCUT2D eigenvalue weighted by Crippen LogP contribution is -2.50. The van der Waals surface area contributed by atoms with E-state index in [9.17, 15) is 9.90 Å². The van der Waals surface area contributed by atoms with E-state index < -0.39 is 6.10 Å². The third-order valence-electron chi connectivity index (χ3n) is 4.48. The molecular formula is C14H23N5O2. The first-order valence-corrected chi connectivity index (χ1v) is 7.69. The van der Waals surface area contributed by atoms with E-state index in [0.717, 1.165) is 37.5 Å². The van der Waals surface area contributed by atoms with E-state index in [1.54, 1.807) is 4.90 Å². The number of aliphatic hydroxyl groups excluding tert-OH is 1. The summed E-state index contributed by atoms with van der Waals surface area (Å²) in [6.07, 6.45) is 2.28. The minimum Gasteiger partial charge on any atom is -0.391 e. The van der Waals surface area contributed by atoms with Crippen molar-refractivity contribution in [2.45, 2.75) is 51.8 Å². The van der Waals surface area contributed by atoms with Gasteiger partial charge in [-0.3, -0.25) is 0 Å². The SMILES string of the molecule is Cc1nc2n(n1)CCCC2NC(=O)N1CCC(C)C(O)C1. The summed E-state index contributed by atoms with van der Waals surface area (Å²) in [7, 11) is 0. The molecule has 3 heterocycles. The smallest absolute Gasteiger partial charge is 0.318 e. The topological polar surface area (TPSA) is 83.3 Å². The van der Waals surface area contributed by atoms with Crippen molar-refractivity contribution in [3.05, 3.63) is 11.6 Å². The van der Waals surface area contributed by atoms with Gasteiger partial charge < -0.3 is 15.3 Å². The predicted octanol–water partition coefficient (Wildman–Crippen LogP) is 0.834. The van der Waals surface area contributed by atoms with Crippen LogP contribution in [0.2, 0.25) is 0 Å². The van der Waals surface area contributed by atoms with Crippen LogP contribution in [-0.4, -0.2) is 50.0 Å². The Bertz CT molecular complexity index is 529. The van der Waals surface area contributed by atoms with Gasteiger partial charge in [-0.05, 0) is 32.1 Å². The molecule has 2 aliphatic rings. The summed E-state index contributed by atoms with van der Waals surface area (Å²) < 4.78 is 1.89. The van der Waals surface area contributed by atoms with Crippen LogP contribution in [0.15, 0.2) is 0 Å². The molecule has 3 unspecified atom stereocenters. The maximum absolute atomic E-state index is 12.4. The van der Waals surface area contributed by atoms with E-state index >= 15 is 0 Å². The number of piperidine rings is 1. The van der Waals surface area contributed by atoms with E-state index in [0.29, 0.717) is 13.1 Å². The molecule has 1 aromatic heterocycles. The van der Waals surface area contributed by atoms with E-state index in [-0.39, 0.29) is 18.0 Å². The molecule has 116 valence electrons. The van der Waals surface area contributed by atoms with Crippen LogP contribution in [0.25, 0.3) is 0 Å². The van der Waals surface area contributed by atoms with Gasteiger partial charge in [0.1, 0.15) is 11.6 Å². The Kier molecular flexibility index (Phi) is 3.84. The number of nitrogens with zero attached hydrogens (tertiary/aromatic N) is 4. The van der Waals surface area contributed by atoms with Crippen LogP contribution < -0.4 is 5.32 Å². The number of aromatic nitrogens is 3. The third kappa shape index (κ3) is 2.88. The van der Waals surface area contributed by atoms with Crippen molar-refractivity contribution in [1.29, 1.82) is 0 Å². The highest BCUT2D eigenvalue weighted by molar-refractivity contribution is 5.74. The summed E-state index contributed by atoms with van der Waals surface area (Å²) in [6.45, 7) is 5.86. The lowest BCUT2D eigenvalue weighted by Gasteiger charge is -2.35. The Morgan fingerprint density at radius 3 is 2.95 bits per heavy atom. The van der Waals surface area contributed by atoms with Crippen molar-refractivity contribution < 1.29 is 9.90 Å². The van der Waals surface area contributed by atoms with Gasteiger partial charge in [-0.15, -0.1) is 0 Å². The number of carbonyl (C=O) groups excluding carboxylic acids is 1. The van der Waals surface area contributed by atoms with Crippen LogP contribution in [0.4, 0.5) is 4.79 Å². The van der Waals surface area contributed by atoms with Crippen molar-refractivity contribution in [2.75, 3.05) is 13.1 Å². The number of fused-ring (bicyclic) bond motifs is 1. The molecule has 1 aromatic rings. The van der Waals surface area contributed by atoms with Gasteiger partial charge in [0.2, 0.25) is 0 Å². The highest BCUT2D eigenvalue weighted by Crippen LogP contribution is 2.24. The normalized spacial score (nSPS) is 29.1. The number of aliphatic hydroxyl groups is 1. The number of rotatable bonds is 1. The van der Waals surface area contributed by atoms with Crippen molar-refractivity contribution in [2.24, 2.45) is 5.92 Å². The number of nitrogens with one attached hydrogen (secondary N) is 1. The zero-order valence-corrected chi connectivity index (χ0v) is 12.6. The Labute approximate surface area is 124 Å². The van der Waals surface area contributed by atoms with Gasteiger partial charge >= 0.3 is 6.03 Å². The molecule has 0 spiro atoms. The first-order chi connectivity index (χ1) is 10.0. The molecule has 0 aliphatic carbocycles. The number of hydrogen-bond donors (Lipinski definition) is 2. The zero-order chi connectivity index (χ0) is 15.0. The van der Waals surface area contributed by atoms with Crippen molar-refractivity contribution in [3.8, 4) is 0 Å².